The Kier molecular flexibility index (Phi) is 7.06. The predicted octanol–water partition coefficient (Wildman–Crippen LogP) is 2.66. The smallest absolute Gasteiger partial charge is 0.253 e. The van der Waals surface area contributed by atoms with E-state index in [9.17, 15) is 17.6 Å². The SMILES string of the molecule is Cc1c(-c2cccc(S(=O)(=O)N(C)C)c2)c2ccc(C(=O)N(C)C)cc2n1C/C(F)=C/C[NH3+]. The number of sulfonamides is 1. The summed E-state index contributed by atoms with van der Waals surface area (Å²) in [4.78, 5) is 14.2. The third-order valence-corrected chi connectivity index (χ3v) is 7.37. The monoisotopic (exact) mass is 473 g/mol. The molecule has 0 aliphatic carbocycles. The van der Waals surface area contributed by atoms with Crippen molar-refractivity contribution in [3.63, 3.8) is 0 Å². The quantitative estimate of drug-likeness (QED) is 0.572. The fraction of sp³-hybridized carbons (Fsp3) is 0.292. The second kappa shape index (κ2) is 9.46. The maximum atomic E-state index is 14.5. The topological polar surface area (TPSA) is 90.3 Å². The molecule has 7 nitrogen and oxygen atoms in total. The molecule has 3 aromatic rings. The van der Waals surface area contributed by atoms with Crippen molar-refractivity contribution in [1.29, 1.82) is 0 Å². The number of hydrogen-bond donors (Lipinski definition) is 1. The van der Waals surface area contributed by atoms with Gasteiger partial charge in [0.05, 0.1) is 23.5 Å². The van der Waals surface area contributed by atoms with Crippen LogP contribution in [0, 0.1) is 6.92 Å². The van der Waals surface area contributed by atoms with Crippen molar-refractivity contribution in [3.8, 4) is 11.1 Å². The summed E-state index contributed by atoms with van der Waals surface area (Å²) in [5, 5.41) is 0.810. The van der Waals surface area contributed by atoms with Crippen molar-refractivity contribution < 1.29 is 23.3 Å². The summed E-state index contributed by atoms with van der Waals surface area (Å²) >= 11 is 0. The van der Waals surface area contributed by atoms with Gasteiger partial charge in [-0.2, -0.15) is 0 Å². The third-order valence-electron chi connectivity index (χ3n) is 5.55. The number of hydrogen-bond acceptors (Lipinski definition) is 3. The number of benzene rings is 2. The Labute approximate surface area is 193 Å². The van der Waals surface area contributed by atoms with Gasteiger partial charge in [0.25, 0.3) is 5.91 Å². The van der Waals surface area contributed by atoms with Crippen LogP contribution in [-0.2, 0) is 16.6 Å². The van der Waals surface area contributed by atoms with Crippen LogP contribution >= 0.6 is 0 Å². The number of nitrogens with zero attached hydrogens (tertiary/aromatic N) is 3. The van der Waals surface area contributed by atoms with E-state index in [1.165, 1.54) is 29.4 Å². The van der Waals surface area contributed by atoms with E-state index in [4.69, 9.17) is 0 Å². The Bertz CT molecular complexity index is 1340. The molecule has 3 N–H and O–H groups in total. The molecule has 0 atom stereocenters. The summed E-state index contributed by atoms with van der Waals surface area (Å²) in [5.74, 6) is -0.485. The minimum Gasteiger partial charge on any atom is -0.354 e. The highest BCUT2D eigenvalue weighted by Crippen LogP contribution is 2.37. The number of carbonyl (C=O) groups excluding carboxylic acids is 1. The molecule has 0 saturated carbocycles. The van der Waals surface area contributed by atoms with E-state index < -0.39 is 10.0 Å². The van der Waals surface area contributed by atoms with Gasteiger partial charge in [-0.25, -0.2) is 17.1 Å². The summed E-state index contributed by atoms with van der Waals surface area (Å²) in [6, 6.07) is 12.0. The van der Waals surface area contributed by atoms with Gasteiger partial charge in [0.1, 0.15) is 5.83 Å². The summed E-state index contributed by atoms with van der Waals surface area (Å²) < 4.78 is 42.9. The summed E-state index contributed by atoms with van der Waals surface area (Å²) in [5.41, 5.74) is 7.13. The van der Waals surface area contributed by atoms with E-state index in [2.05, 4.69) is 5.73 Å². The zero-order chi connectivity index (χ0) is 24.5. The molecule has 0 saturated heterocycles. The fourth-order valence-electron chi connectivity index (χ4n) is 3.83. The van der Waals surface area contributed by atoms with Gasteiger partial charge < -0.3 is 15.2 Å². The van der Waals surface area contributed by atoms with Crippen molar-refractivity contribution in [3.05, 3.63) is 65.6 Å². The Balaban J connectivity index is 2.30. The fourth-order valence-corrected chi connectivity index (χ4v) is 4.78. The van der Waals surface area contributed by atoms with E-state index in [0.29, 0.717) is 23.2 Å². The molecule has 33 heavy (non-hydrogen) atoms. The highest BCUT2D eigenvalue weighted by Gasteiger charge is 2.22. The predicted molar refractivity (Wildman–Crippen MR) is 128 cm³/mol. The maximum absolute atomic E-state index is 14.5. The van der Waals surface area contributed by atoms with E-state index in [0.717, 1.165) is 16.6 Å². The summed E-state index contributed by atoms with van der Waals surface area (Å²) in [6.07, 6.45) is 1.42. The molecule has 1 heterocycles. The molecular formula is C24H30FN4O3S+. The molecule has 0 radical (unpaired) electrons. The van der Waals surface area contributed by atoms with Crippen LogP contribution in [0.2, 0.25) is 0 Å². The number of halogens is 1. The standard InChI is InChI=1S/C24H29FN4O3S/c1-16-23(17-7-6-8-20(13-17)33(31,32)28(4)5)21-10-9-18(24(30)27(2)3)14-22(21)29(16)15-19(25)11-12-26/h6-11,13-14H,12,15,26H2,1-5H3/p+1/b19-11-. The average molecular weight is 474 g/mol. The van der Waals surface area contributed by atoms with Gasteiger partial charge in [-0.05, 0) is 36.8 Å². The van der Waals surface area contributed by atoms with Crippen molar-refractivity contribution in [1.82, 2.24) is 13.8 Å². The van der Waals surface area contributed by atoms with Gasteiger partial charge in [-0.1, -0.05) is 18.2 Å². The number of fused-ring (bicyclic) bond motifs is 1. The van der Waals surface area contributed by atoms with Crippen LogP contribution in [0.4, 0.5) is 4.39 Å². The zero-order valence-corrected chi connectivity index (χ0v) is 20.4. The molecule has 0 fully saturated rings. The van der Waals surface area contributed by atoms with Crippen molar-refractivity contribution in [2.75, 3.05) is 34.7 Å². The third kappa shape index (κ3) is 4.71. The van der Waals surface area contributed by atoms with Crippen LogP contribution in [0.3, 0.4) is 0 Å². The number of quaternary nitrogens is 1. The van der Waals surface area contributed by atoms with E-state index in [-0.39, 0.29) is 23.2 Å². The van der Waals surface area contributed by atoms with Crippen LogP contribution in [-0.4, -0.2) is 62.8 Å². The average Bonchev–Trinajstić information content (AvgIpc) is 3.03. The lowest BCUT2D eigenvalue weighted by atomic mass is 10.0. The minimum atomic E-state index is -3.62. The minimum absolute atomic E-state index is 0.00680. The second-order valence-corrected chi connectivity index (χ2v) is 10.4. The second-order valence-electron chi connectivity index (χ2n) is 8.23. The number of amides is 1. The van der Waals surface area contributed by atoms with Crippen LogP contribution in [0.5, 0.6) is 0 Å². The lowest BCUT2D eigenvalue weighted by Gasteiger charge is -2.13. The molecule has 0 unspecified atom stereocenters. The Morgan fingerprint density at radius 1 is 1.12 bits per heavy atom. The first-order chi connectivity index (χ1) is 15.5. The lowest BCUT2D eigenvalue weighted by molar-refractivity contribution is -0.353. The van der Waals surface area contributed by atoms with Crippen LogP contribution in [0.15, 0.2) is 59.3 Å². The van der Waals surface area contributed by atoms with Crippen LogP contribution in [0.25, 0.3) is 22.0 Å². The Hall–Kier alpha value is -3.01. The number of rotatable bonds is 7. The highest BCUT2D eigenvalue weighted by atomic mass is 32.2. The molecule has 0 aliphatic rings. The van der Waals surface area contributed by atoms with Gasteiger partial charge in [0.2, 0.25) is 10.0 Å². The molecule has 9 heteroatoms. The van der Waals surface area contributed by atoms with E-state index in [1.54, 1.807) is 44.4 Å². The zero-order valence-electron chi connectivity index (χ0n) is 19.6. The molecule has 0 spiro atoms. The first-order valence-electron chi connectivity index (χ1n) is 10.5. The largest absolute Gasteiger partial charge is 0.354 e. The van der Waals surface area contributed by atoms with Gasteiger partial charge in [0, 0.05) is 56.5 Å². The lowest BCUT2D eigenvalue weighted by Crippen LogP contribution is -2.49. The molecule has 0 aliphatic heterocycles. The molecule has 2 aromatic carbocycles. The summed E-state index contributed by atoms with van der Waals surface area (Å²) in [7, 11) is 2.70. The van der Waals surface area contributed by atoms with Crippen molar-refractivity contribution >= 4 is 26.8 Å². The Morgan fingerprint density at radius 3 is 2.42 bits per heavy atom. The van der Waals surface area contributed by atoms with Crippen LogP contribution in [0.1, 0.15) is 16.1 Å². The number of aromatic nitrogens is 1. The Morgan fingerprint density at radius 2 is 1.82 bits per heavy atom. The van der Waals surface area contributed by atoms with E-state index >= 15 is 0 Å². The van der Waals surface area contributed by atoms with Gasteiger partial charge in [0.15, 0.2) is 0 Å². The van der Waals surface area contributed by atoms with Crippen molar-refractivity contribution in [2.24, 2.45) is 0 Å². The molecular weight excluding hydrogens is 443 g/mol. The highest BCUT2D eigenvalue weighted by molar-refractivity contribution is 7.89. The number of allylic oxidation sites excluding steroid dienone is 1. The molecule has 176 valence electrons. The molecule has 0 bridgehead atoms. The maximum Gasteiger partial charge on any atom is 0.253 e. The van der Waals surface area contributed by atoms with Gasteiger partial charge >= 0.3 is 0 Å². The normalized spacial score (nSPS) is 12.5. The van der Waals surface area contributed by atoms with E-state index in [1.807, 2.05) is 23.6 Å². The van der Waals surface area contributed by atoms with Gasteiger partial charge in [-0.15, -0.1) is 0 Å². The number of carbonyl (C=O) groups is 1. The molecule has 1 aromatic heterocycles. The van der Waals surface area contributed by atoms with Crippen LogP contribution < -0.4 is 5.73 Å². The first-order valence-corrected chi connectivity index (χ1v) is 11.9. The first kappa shape index (κ1) is 24.6. The van der Waals surface area contributed by atoms with Crippen molar-refractivity contribution in [2.45, 2.75) is 18.4 Å². The summed E-state index contributed by atoms with van der Waals surface area (Å²) in [6.45, 7) is 2.19. The molecule has 1 amide bonds. The molecule has 3 rings (SSSR count). The van der Waals surface area contributed by atoms with Gasteiger partial charge in [-0.3, -0.25) is 4.79 Å².